The number of hydrogen-bond donors (Lipinski definition) is 1. The molecule has 7 nitrogen and oxygen atoms in total. The molecule has 1 N–H and O–H groups in total. The van der Waals surface area contributed by atoms with Gasteiger partial charge in [-0.2, -0.15) is 0 Å². The van der Waals surface area contributed by atoms with Crippen molar-refractivity contribution in [3.05, 3.63) is 0 Å². The third-order valence-corrected chi connectivity index (χ3v) is 1.78. The van der Waals surface area contributed by atoms with Gasteiger partial charge < -0.3 is 28.8 Å². The van der Waals surface area contributed by atoms with E-state index < -0.39 is 0 Å². The number of ether oxygens (including phenoxy) is 4. The first-order chi connectivity index (χ1) is 7.83. The van der Waals surface area contributed by atoms with Gasteiger partial charge in [-0.1, -0.05) is 5.16 Å². The van der Waals surface area contributed by atoms with Crippen molar-refractivity contribution < 1.29 is 23.5 Å². The van der Waals surface area contributed by atoms with Crippen LogP contribution < -0.4 is 14.8 Å². The molecule has 92 valence electrons. The Bertz CT molecular complexity index is 302. The van der Waals surface area contributed by atoms with Crippen LogP contribution in [-0.2, 0) is 9.47 Å². The van der Waals surface area contributed by atoms with Crippen LogP contribution >= 0.6 is 0 Å². The van der Waals surface area contributed by atoms with Crippen LogP contribution in [0.2, 0.25) is 0 Å². The van der Waals surface area contributed by atoms with E-state index in [0.29, 0.717) is 24.8 Å². The Morgan fingerprint density at radius 2 is 2.00 bits per heavy atom. The average Bonchev–Trinajstić information content (AvgIpc) is 2.71. The predicted molar refractivity (Wildman–Crippen MR) is 55.9 cm³/mol. The summed E-state index contributed by atoms with van der Waals surface area (Å²) < 4.78 is 24.9. The largest absolute Gasteiger partial charge is 0.487 e. The summed E-state index contributed by atoms with van der Waals surface area (Å²) >= 11 is 0. The number of nitrogens with one attached hydrogen (secondary N) is 1. The molecule has 0 aliphatic carbocycles. The minimum atomic E-state index is 0.224. The smallest absolute Gasteiger partial charge is 0.356 e. The molecule has 16 heavy (non-hydrogen) atoms. The number of nitrogens with zero attached hydrogens (tertiary/aromatic N) is 1. The summed E-state index contributed by atoms with van der Waals surface area (Å²) in [5, 5.41) is 6.62. The lowest BCUT2D eigenvalue weighted by Crippen LogP contribution is -2.10. The van der Waals surface area contributed by atoms with Gasteiger partial charge in [0.05, 0.1) is 27.4 Å². The maximum absolute atomic E-state index is 5.21. The number of rotatable bonds is 8. The third kappa shape index (κ3) is 3.28. The lowest BCUT2D eigenvalue weighted by Gasteiger charge is -2.05. The van der Waals surface area contributed by atoms with E-state index in [2.05, 4.69) is 10.5 Å². The first-order valence-corrected chi connectivity index (χ1v) is 4.71. The molecule has 7 heteroatoms. The molecule has 0 radical (unpaired) electrons. The van der Waals surface area contributed by atoms with E-state index in [4.69, 9.17) is 23.5 Å². The number of methoxy groups -OCH3 is 3. The van der Waals surface area contributed by atoms with Crippen molar-refractivity contribution in [1.82, 2.24) is 5.16 Å². The molecule has 0 saturated heterocycles. The summed E-state index contributed by atoms with van der Waals surface area (Å²) in [5.41, 5.74) is 0. The van der Waals surface area contributed by atoms with Crippen molar-refractivity contribution in [2.24, 2.45) is 0 Å². The quantitative estimate of drug-likeness (QED) is 0.523. The lowest BCUT2D eigenvalue weighted by molar-refractivity contribution is 0.0799. The molecule has 0 aromatic carbocycles. The first kappa shape index (κ1) is 12.6. The van der Waals surface area contributed by atoms with E-state index in [9.17, 15) is 0 Å². The Hall–Kier alpha value is -1.47. The summed E-state index contributed by atoms with van der Waals surface area (Å²) in [6.45, 7) is 1.33. The molecular weight excluding hydrogens is 216 g/mol. The Labute approximate surface area is 93.6 Å². The van der Waals surface area contributed by atoms with Crippen LogP contribution in [0.1, 0.15) is 0 Å². The van der Waals surface area contributed by atoms with Gasteiger partial charge in [0.15, 0.2) is 0 Å². The standard InChI is InChI=1S/C9H16N2O5/c1-12-4-5-15-6-10-8-7(13-2)9(14-3)16-11-8/h4-6H2,1-3H3,(H,10,11). The fourth-order valence-corrected chi connectivity index (χ4v) is 1.02. The molecule has 1 rings (SSSR count). The van der Waals surface area contributed by atoms with Crippen LogP contribution in [0.25, 0.3) is 0 Å². The highest BCUT2D eigenvalue weighted by atomic mass is 16.6. The highest BCUT2D eigenvalue weighted by Gasteiger charge is 2.16. The number of anilines is 1. The van der Waals surface area contributed by atoms with Gasteiger partial charge in [-0.05, 0) is 0 Å². The van der Waals surface area contributed by atoms with Crippen molar-refractivity contribution in [3.63, 3.8) is 0 Å². The fourth-order valence-electron chi connectivity index (χ4n) is 1.02. The highest BCUT2D eigenvalue weighted by molar-refractivity contribution is 5.53. The maximum atomic E-state index is 5.21. The van der Waals surface area contributed by atoms with Crippen LogP contribution in [0.5, 0.6) is 11.7 Å². The molecule has 0 aliphatic heterocycles. The summed E-state index contributed by atoms with van der Waals surface area (Å²) in [6.07, 6.45) is 0. The summed E-state index contributed by atoms with van der Waals surface area (Å²) in [6, 6.07) is 0. The molecular formula is C9H16N2O5. The van der Waals surface area contributed by atoms with E-state index in [1.807, 2.05) is 0 Å². The van der Waals surface area contributed by atoms with Crippen molar-refractivity contribution >= 4 is 5.82 Å². The van der Waals surface area contributed by atoms with Gasteiger partial charge in [-0.25, -0.2) is 0 Å². The third-order valence-electron chi connectivity index (χ3n) is 1.78. The molecule has 1 aromatic heterocycles. The van der Waals surface area contributed by atoms with Crippen LogP contribution in [-0.4, -0.2) is 46.4 Å². The second-order valence-corrected chi connectivity index (χ2v) is 2.78. The SMILES string of the molecule is COCCOCNc1noc(OC)c1OC. The van der Waals surface area contributed by atoms with E-state index >= 15 is 0 Å². The molecule has 0 bridgehead atoms. The molecule has 0 saturated carbocycles. The molecule has 0 atom stereocenters. The van der Waals surface area contributed by atoms with Gasteiger partial charge in [0.2, 0.25) is 11.6 Å². The zero-order chi connectivity index (χ0) is 11.8. The summed E-state index contributed by atoms with van der Waals surface area (Å²) in [5.74, 6) is 1.08. The molecule has 1 heterocycles. The molecule has 1 aromatic rings. The molecule has 0 aliphatic rings. The molecule has 0 spiro atoms. The topological polar surface area (TPSA) is 75.0 Å². The Morgan fingerprint density at radius 1 is 1.19 bits per heavy atom. The summed E-state index contributed by atoms with van der Waals surface area (Å²) in [7, 11) is 4.59. The van der Waals surface area contributed by atoms with Crippen LogP contribution in [0.15, 0.2) is 4.52 Å². The highest BCUT2D eigenvalue weighted by Crippen LogP contribution is 2.34. The van der Waals surface area contributed by atoms with Gasteiger partial charge in [0.1, 0.15) is 6.73 Å². The van der Waals surface area contributed by atoms with E-state index in [1.54, 1.807) is 7.11 Å². The van der Waals surface area contributed by atoms with Crippen molar-refractivity contribution in [2.45, 2.75) is 0 Å². The van der Waals surface area contributed by atoms with E-state index in [1.165, 1.54) is 14.2 Å². The molecule has 0 fully saturated rings. The Balaban J connectivity index is 2.38. The zero-order valence-corrected chi connectivity index (χ0v) is 9.61. The van der Waals surface area contributed by atoms with Crippen LogP contribution in [0.4, 0.5) is 5.82 Å². The van der Waals surface area contributed by atoms with Gasteiger partial charge in [0.25, 0.3) is 0 Å². The van der Waals surface area contributed by atoms with Gasteiger partial charge in [0, 0.05) is 7.11 Å². The monoisotopic (exact) mass is 232 g/mol. The van der Waals surface area contributed by atoms with Crippen LogP contribution in [0, 0.1) is 0 Å². The summed E-state index contributed by atoms with van der Waals surface area (Å²) in [4.78, 5) is 0. The second kappa shape index (κ2) is 6.91. The van der Waals surface area contributed by atoms with Gasteiger partial charge in [-0.3, -0.25) is 0 Å². The van der Waals surface area contributed by atoms with Gasteiger partial charge >= 0.3 is 5.95 Å². The van der Waals surface area contributed by atoms with Crippen molar-refractivity contribution in [1.29, 1.82) is 0 Å². The molecule has 0 unspecified atom stereocenters. The Morgan fingerprint density at radius 3 is 2.62 bits per heavy atom. The van der Waals surface area contributed by atoms with Gasteiger partial charge in [-0.15, -0.1) is 0 Å². The number of hydrogen-bond acceptors (Lipinski definition) is 7. The van der Waals surface area contributed by atoms with E-state index in [0.717, 1.165) is 0 Å². The number of aromatic nitrogens is 1. The normalized spacial score (nSPS) is 10.2. The van der Waals surface area contributed by atoms with Crippen molar-refractivity contribution in [2.75, 3.05) is 46.6 Å². The lowest BCUT2D eigenvalue weighted by atomic mass is 10.5. The van der Waals surface area contributed by atoms with Crippen molar-refractivity contribution in [3.8, 4) is 11.7 Å². The zero-order valence-electron chi connectivity index (χ0n) is 9.61. The van der Waals surface area contributed by atoms with Crippen LogP contribution in [0.3, 0.4) is 0 Å². The van der Waals surface area contributed by atoms with E-state index in [-0.39, 0.29) is 12.7 Å². The minimum absolute atomic E-state index is 0.224. The maximum Gasteiger partial charge on any atom is 0.356 e. The first-order valence-electron chi connectivity index (χ1n) is 4.71. The predicted octanol–water partition coefficient (Wildman–Crippen LogP) is 0.724. The Kier molecular flexibility index (Phi) is 5.44. The fraction of sp³-hybridized carbons (Fsp3) is 0.667. The average molecular weight is 232 g/mol. The minimum Gasteiger partial charge on any atom is -0.487 e. The molecule has 0 amide bonds. The second-order valence-electron chi connectivity index (χ2n) is 2.78.